The van der Waals surface area contributed by atoms with Gasteiger partial charge >= 0.3 is 0 Å². The molecule has 45 heavy (non-hydrogen) atoms. The number of benzene rings is 3. The summed E-state index contributed by atoms with van der Waals surface area (Å²) in [4.78, 5) is 51.0. The van der Waals surface area contributed by atoms with Crippen LogP contribution in [-0.4, -0.2) is 90.1 Å². The number of hydrogen-bond acceptors (Lipinski definition) is 7. The summed E-state index contributed by atoms with van der Waals surface area (Å²) in [5, 5.41) is 1.05. The summed E-state index contributed by atoms with van der Waals surface area (Å²) in [5.41, 5.74) is 4.48. The fourth-order valence-electron chi connectivity index (χ4n) is 7.31. The van der Waals surface area contributed by atoms with Crippen LogP contribution in [0.25, 0.3) is 10.9 Å². The van der Waals surface area contributed by atoms with E-state index in [2.05, 4.69) is 11.1 Å². The summed E-state index contributed by atoms with van der Waals surface area (Å²) in [6, 6.07) is 17.1. The van der Waals surface area contributed by atoms with Crippen LogP contribution in [0.2, 0.25) is 0 Å². The number of rotatable bonds is 5. The van der Waals surface area contributed by atoms with E-state index in [0.717, 1.165) is 33.3 Å². The molecule has 230 valence electrons. The largest absolute Gasteiger partial charge is 0.493 e. The highest BCUT2D eigenvalue weighted by atomic mass is 16.7. The number of fused-ring (bicyclic) bond motifs is 6. The number of ether oxygens (including phenoxy) is 4. The zero-order valence-corrected chi connectivity index (χ0v) is 24.9. The van der Waals surface area contributed by atoms with Gasteiger partial charge in [-0.3, -0.25) is 14.4 Å². The predicted molar refractivity (Wildman–Crippen MR) is 162 cm³/mol. The zero-order valence-electron chi connectivity index (χ0n) is 24.9. The number of piperazine rings is 2. The quantitative estimate of drug-likeness (QED) is 0.371. The van der Waals surface area contributed by atoms with Crippen molar-refractivity contribution < 1.29 is 33.3 Å². The smallest absolute Gasteiger partial charge is 0.248 e. The minimum Gasteiger partial charge on any atom is -0.493 e. The van der Waals surface area contributed by atoms with Crippen molar-refractivity contribution in [2.45, 2.75) is 31.0 Å². The van der Waals surface area contributed by atoms with E-state index < -0.39 is 18.1 Å². The molecule has 2 unspecified atom stereocenters. The second kappa shape index (κ2) is 10.5. The number of nitrogens with zero attached hydrogens (tertiary/aromatic N) is 3. The molecule has 11 nitrogen and oxygen atoms in total. The van der Waals surface area contributed by atoms with Crippen molar-refractivity contribution in [2.75, 3.05) is 40.6 Å². The Morgan fingerprint density at radius 1 is 0.911 bits per heavy atom. The summed E-state index contributed by atoms with van der Waals surface area (Å²) in [5.74, 6) is 2.00. The molecule has 8 rings (SSSR count). The molecule has 5 heterocycles. The lowest BCUT2D eigenvalue weighted by atomic mass is 9.84. The zero-order chi connectivity index (χ0) is 30.8. The Kier molecular flexibility index (Phi) is 6.36. The van der Waals surface area contributed by atoms with E-state index in [-0.39, 0.29) is 37.5 Å². The van der Waals surface area contributed by atoms with E-state index >= 15 is 0 Å². The standard InChI is InChI=1S/C34H32N4O7/c1-42-26-9-7-19(13-28(26)43-2)14-30(39)36-11-12-37-25(17-36)34(41)38-24(33(37)40)16-22-21-5-3-4-6-23(21)35-31(22)32(38)20-8-10-27-29(15-20)45-18-44-27/h3-10,13,15,24-25,32,35H,11-12,14,16-18H2,1-2H3/t24?,25?,32-/m1/s1. The highest BCUT2D eigenvalue weighted by Gasteiger charge is 2.54. The van der Waals surface area contributed by atoms with Gasteiger partial charge in [0.05, 0.1) is 33.2 Å². The van der Waals surface area contributed by atoms with Crippen LogP contribution in [0.5, 0.6) is 23.0 Å². The molecule has 4 aromatic rings. The lowest BCUT2D eigenvalue weighted by molar-refractivity contribution is -0.169. The van der Waals surface area contributed by atoms with Gasteiger partial charge in [-0.1, -0.05) is 30.3 Å². The molecule has 2 saturated heterocycles. The summed E-state index contributed by atoms with van der Waals surface area (Å²) in [6.07, 6.45) is 0.552. The Hall–Kier alpha value is -5.19. The van der Waals surface area contributed by atoms with Gasteiger partial charge in [0, 0.05) is 36.1 Å². The summed E-state index contributed by atoms with van der Waals surface area (Å²) < 4.78 is 22.0. The fourth-order valence-corrected chi connectivity index (χ4v) is 7.31. The molecule has 1 N–H and O–H groups in total. The van der Waals surface area contributed by atoms with Gasteiger partial charge in [-0.05, 0) is 47.0 Å². The van der Waals surface area contributed by atoms with Crippen molar-refractivity contribution in [2.24, 2.45) is 0 Å². The Labute approximate surface area is 259 Å². The van der Waals surface area contributed by atoms with E-state index in [1.54, 1.807) is 41.1 Å². The predicted octanol–water partition coefficient (Wildman–Crippen LogP) is 3.05. The normalized spacial score (nSPS) is 21.8. The highest BCUT2D eigenvalue weighted by molar-refractivity contribution is 6.00. The number of H-pyrrole nitrogens is 1. The molecule has 0 radical (unpaired) electrons. The molecular weight excluding hydrogens is 576 g/mol. The molecule has 0 bridgehead atoms. The first-order valence-corrected chi connectivity index (χ1v) is 15.1. The van der Waals surface area contributed by atoms with Crippen LogP contribution in [-0.2, 0) is 27.2 Å². The van der Waals surface area contributed by atoms with Gasteiger partial charge in [0.25, 0.3) is 0 Å². The molecule has 0 saturated carbocycles. The summed E-state index contributed by atoms with van der Waals surface area (Å²) >= 11 is 0. The molecular formula is C34H32N4O7. The third-order valence-electron chi connectivity index (χ3n) is 9.49. The average Bonchev–Trinajstić information content (AvgIpc) is 3.70. The van der Waals surface area contributed by atoms with Gasteiger partial charge < -0.3 is 38.6 Å². The molecule has 3 atom stereocenters. The van der Waals surface area contributed by atoms with Crippen molar-refractivity contribution >= 4 is 28.6 Å². The third kappa shape index (κ3) is 4.28. The van der Waals surface area contributed by atoms with Crippen molar-refractivity contribution in [3.05, 3.63) is 83.0 Å². The van der Waals surface area contributed by atoms with Crippen molar-refractivity contribution in [3.63, 3.8) is 0 Å². The minimum absolute atomic E-state index is 0.0896. The molecule has 0 spiro atoms. The maximum Gasteiger partial charge on any atom is 0.248 e. The van der Waals surface area contributed by atoms with E-state index in [9.17, 15) is 14.4 Å². The van der Waals surface area contributed by atoms with Crippen LogP contribution in [0.1, 0.15) is 28.4 Å². The Morgan fingerprint density at radius 2 is 1.73 bits per heavy atom. The van der Waals surface area contributed by atoms with Gasteiger partial charge in [0.15, 0.2) is 23.0 Å². The van der Waals surface area contributed by atoms with E-state index in [4.69, 9.17) is 18.9 Å². The second-order valence-corrected chi connectivity index (χ2v) is 11.8. The Bertz CT molecular complexity index is 1870. The summed E-state index contributed by atoms with van der Waals surface area (Å²) in [7, 11) is 3.12. The molecule has 1 aromatic heterocycles. The van der Waals surface area contributed by atoms with E-state index in [0.29, 0.717) is 42.5 Å². The maximum atomic E-state index is 14.6. The van der Waals surface area contributed by atoms with E-state index in [1.165, 1.54) is 0 Å². The number of amides is 3. The number of carbonyl (C=O) groups excluding carboxylic acids is 3. The van der Waals surface area contributed by atoms with Crippen molar-refractivity contribution in [1.82, 2.24) is 19.7 Å². The number of nitrogens with one attached hydrogen (secondary N) is 1. The van der Waals surface area contributed by atoms with Crippen molar-refractivity contribution in [1.29, 1.82) is 0 Å². The lowest BCUT2D eigenvalue weighted by Gasteiger charge is -2.52. The maximum absolute atomic E-state index is 14.6. The molecule has 4 aliphatic rings. The topological polar surface area (TPSA) is 114 Å². The number of hydrogen-bond donors (Lipinski definition) is 1. The van der Waals surface area contributed by atoms with Crippen LogP contribution < -0.4 is 18.9 Å². The Morgan fingerprint density at radius 3 is 2.58 bits per heavy atom. The minimum atomic E-state index is -0.778. The first-order valence-electron chi connectivity index (χ1n) is 15.1. The monoisotopic (exact) mass is 608 g/mol. The van der Waals surface area contributed by atoms with Crippen LogP contribution >= 0.6 is 0 Å². The van der Waals surface area contributed by atoms with Crippen LogP contribution in [0.3, 0.4) is 0 Å². The molecule has 0 aliphatic carbocycles. The van der Waals surface area contributed by atoms with Gasteiger partial charge in [-0.2, -0.15) is 0 Å². The van der Waals surface area contributed by atoms with E-state index in [1.807, 2.05) is 42.5 Å². The second-order valence-electron chi connectivity index (χ2n) is 11.8. The lowest BCUT2D eigenvalue weighted by Crippen LogP contribution is -2.72. The fraction of sp³-hybridized carbons (Fsp3) is 0.324. The molecule has 11 heteroatoms. The Balaban J connectivity index is 1.13. The summed E-state index contributed by atoms with van der Waals surface area (Å²) in [6.45, 7) is 0.924. The number of methoxy groups -OCH3 is 2. The average molecular weight is 609 g/mol. The molecule has 3 amide bonds. The number of carbonyl (C=O) groups is 3. The van der Waals surface area contributed by atoms with Crippen molar-refractivity contribution in [3.8, 4) is 23.0 Å². The number of aromatic nitrogens is 1. The van der Waals surface area contributed by atoms with Gasteiger partial charge in [-0.15, -0.1) is 0 Å². The number of para-hydroxylation sites is 1. The van der Waals surface area contributed by atoms with Gasteiger partial charge in [0.1, 0.15) is 12.1 Å². The van der Waals surface area contributed by atoms with Gasteiger partial charge in [-0.25, -0.2) is 0 Å². The van der Waals surface area contributed by atoms with Crippen LogP contribution in [0.4, 0.5) is 0 Å². The molecule has 2 fully saturated rings. The molecule has 3 aromatic carbocycles. The molecule has 4 aliphatic heterocycles. The first-order chi connectivity index (χ1) is 21.9. The highest BCUT2D eigenvalue weighted by Crippen LogP contribution is 2.46. The van der Waals surface area contributed by atoms with Crippen LogP contribution in [0, 0.1) is 0 Å². The van der Waals surface area contributed by atoms with Crippen LogP contribution in [0.15, 0.2) is 60.7 Å². The number of aromatic amines is 1. The third-order valence-corrected chi connectivity index (χ3v) is 9.49. The SMILES string of the molecule is COc1ccc(CC(=O)N2CCN3C(=O)C4Cc5c([nH]c6ccccc56)[C@@H](c5ccc6c(c5)OCO6)N4C(=O)C3C2)cc1OC. The van der Waals surface area contributed by atoms with Gasteiger partial charge in [0.2, 0.25) is 24.5 Å². The first kappa shape index (κ1) is 27.4.